The fourth-order valence-corrected chi connectivity index (χ4v) is 3.24. The van der Waals surface area contributed by atoms with Crippen molar-refractivity contribution in [1.82, 2.24) is 10.3 Å². The van der Waals surface area contributed by atoms with Gasteiger partial charge in [-0.2, -0.15) is 11.8 Å². The van der Waals surface area contributed by atoms with E-state index in [0.717, 1.165) is 24.2 Å². The number of hydrogen-bond donors (Lipinski definition) is 1. The van der Waals surface area contributed by atoms with Gasteiger partial charge in [-0.05, 0) is 18.7 Å². The molecule has 0 saturated carbocycles. The van der Waals surface area contributed by atoms with Crippen LogP contribution in [0.1, 0.15) is 33.4 Å². The lowest BCUT2D eigenvalue weighted by atomic mass is 10.1. The molecule has 2 nitrogen and oxygen atoms in total. The largest absolute Gasteiger partial charge is 0.313 e. The van der Waals surface area contributed by atoms with Crippen LogP contribution in [0.5, 0.6) is 0 Å². The van der Waals surface area contributed by atoms with Crippen molar-refractivity contribution in [3.05, 3.63) is 42.1 Å². The van der Waals surface area contributed by atoms with E-state index in [4.69, 9.17) is 4.98 Å². The molecule has 0 aliphatic carbocycles. The molecule has 1 atom stereocenters. The van der Waals surface area contributed by atoms with Gasteiger partial charge in [-0.1, -0.05) is 52.0 Å². The highest BCUT2D eigenvalue weighted by Gasteiger charge is 2.16. The molecule has 21 heavy (non-hydrogen) atoms. The quantitative estimate of drug-likeness (QED) is 0.862. The van der Waals surface area contributed by atoms with Crippen LogP contribution in [0.4, 0.5) is 0 Å². The molecule has 1 unspecified atom stereocenters. The van der Waals surface area contributed by atoms with Crippen molar-refractivity contribution in [3.8, 4) is 0 Å². The Morgan fingerprint density at radius 3 is 2.62 bits per heavy atom. The van der Waals surface area contributed by atoms with E-state index in [9.17, 15) is 0 Å². The highest BCUT2D eigenvalue weighted by molar-refractivity contribution is 8.00. The van der Waals surface area contributed by atoms with Crippen LogP contribution < -0.4 is 5.32 Å². The molecule has 0 saturated heterocycles. The summed E-state index contributed by atoms with van der Waals surface area (Å²) in [6.07, 6.45) is 0.988. The van der Waals surface area contributed by atoms with Crippen molar-refractivity contribution >= 4 is 22.7 Å². The van der Waals surface area contributed by atoms with Gasteiger partial charge in [-0.3, -0.25) is 4.98 Å². The number of nitrogens with zero attached hydrogens (tertiary/aromatic N) is 1. The number of para-hydroxylation sites is 1. The zero-order chi connectivity index (χ0) is 15.3. The predicted molar refractivity (Wildman–Crippen MR) is 95.1 cm³/mol. The van der Waals surface area contributed by atoms with Crippen LogP contribution in [0.2, 0.25) is 0 Å². The summed E-state index contributed by atoms with van der Waals surface area (Å²) in [6.45, 7) is 9.99. The minimum atomic E-state index is 0.310. The molecule has 114 valence electrons. The third-order valence-corrected chi connectivity index (χ3v) is 4.76. The highest BCUT2D eigenvalue weighted by Crippen LogP contribution is 2.24. The Kier molecular flexibility index (Phi) is 5.65. The Morgan fingerprint density at radius 1 is 1.14 bits per heavy atom. The van der Waals surface area contributed by atoms with Gasteiger partial charge >= 0.3 is 0 Å². The van der Waals surface area contributed by atoms with Gasteiger partial charge in [0.15, 0.2) is 0 Å². The fourth-order valence-electron chi connectivity index (χ4n) is 2.30. The molecule has 3 heteroatoms. The molecule has 1 aromatic heterocycles. The maximum Gasteiger partial charge on any atom is 0.0705 e. The summed E-state index contributed by atoms with van der Waals surface area (Å²) >= 11 is 2.01. The van der Waals surface area contributed by atoms with E-state index in [-0.39, 0.29) is 0 Å². The third-order valence-electron chi connectivity index (χ3n) is 3.32. The standard InChI is InChI=1S/C18H26N2S/c1-5-19-16(13-21-18(2,3)4)12-15-11-10-14-8-6-7-9-17(14)20-15/h6-11,16,19H,5,12-13H2,1-4H3. The first-order valence-corrected chi connectivity index (χ1v) is 8.68. The monoisotopic (exact) mass is 302 g/mol. The van der Waals surface area contributed by atoms with Gasteiger partial charge < -0.3 is 5.32 Å². The molecule has 1 N–H and O–H groups in total. The van der Waals surface area contributed by atoms with Gasteiger partial charge in [0, 0.05) is 34.0 Å². The number of hydrogen-bond acceptors (Lipinski definition) is 3. The lowest BCUT2D eigenvalue weighted by Crippen LogP contribution is -2.34. The Morgan fingerprint density at radius 2 is 1.90 bits per heavy atom. The van der Waals surface area contributed by atoms with E-state index in [1.807, 2.05) is 11.8 Å². The zero-order valence-electron chi connectivity index (χ0n) is 13.5. The van der Waals surface area contributed by atoms with Gasteiger partial charge in [0.25, 0.3) is 0 Å². The first kappa shape index (κ1) is 16.3. The number of nitrogens with one attached hydrogen (secondary N) is 1. The van der Waals surface area contributed by atoms with E-state index in [1.54, 1.807) is 0 Å². The number of thioether (sulfide) groups is 1. The van der Waals surface area contributed by atoms with Crippen LogP contribution in [0.15, 0.2) is 36.4 Å². The lowest BCUT2D eigenvalue weighted by molar-refractivity contribution is 0.565. The minimum Gasteiger partial charge on any atom is -0.313 e. The zero-order valence-corrected chi connectivity index (χ0v) is 14.3. The number of fused-ring (bicyclic) bond motifs is 1. The minimum absolute atomic E-state index is 0.310. The number of rotatable bonds is 6. The molecule has 2 rings (SSSR count). The topological polar surface area (TPSA) is 24.9 Å². The van der Waals surface area contributed by atoms with Gasteiger partial charge in [-0.15, -0.1) is 0 Å². The lowest BCUT2D eigenvalue weighted by Gasteiger charge is -2.23. The van der Waals surface area contributed by atoms with Crippen LogP contribution >= 0.6 is 11.8 Å². The fraction of sp³-hybridized carbons (Fsp3) is 0.500. The summed E-state index contributed by atoms with van der Waals surface area (Å²) in [5.41, 5.74) is 2.27. The second-order valence-electron chi connectivity index (χ2n) is 6.38. The maximum atomic E-state index is 4.79. The summed E-state index contributed by atoms with van der Waals surface area (Å²) in [7, 11) is 0. The van der Waals surface area contributed by atoms with Crippen LogP contribution in [-0.4, -0.2) is 28.1 Å². The number of benzene rings is 1. The van der Waals surface area contributed by atoms with E-state index in [1.165, 1.54) is 11.1 Å². The molecule has 1 aromatic carbocycles. The summed E-state index contributed by atoms with van der Waals surface area (Å²) in [4.78, 5) is 4.79. The first-order chi connectivity index (χ1) is 9.98. The molecule has 2 aromatic rings. The first-order valence-electron chi connectivity index (χ1n) is 7.70. The second-order valence-corrected chi connectivity index (χ2v) is 8.22. The second kappa shape index (κ2) is 7.28. The van der Waals surface area contributed by atoms with Crippen molar-refractivity contribution < 1.29 is 0 Å². The van der Waals surface area contributed by atoms with Gasteiger partial charge in [-0.25, -0.2) is 0 Å². The molecule has 0 radical (unpaired) electrons. The van der Waals surface area contributed by atoms with Crippen LogP contribution in [-0.2, 0) is 6.42 Å². The normalized spacial score (nSPS) is 13.5. The van der Waals surface area contributed by atoms with E-state index in [0.29, 0.717) is 10.8 Å². The molecule has 0 bridgehead atoms. The van der Waals surface area contributed by atoms with Gasteiger partial charge in [0.2, 0.25) is 0 Å². The maximum absolute atomic E-state index is 4.79. The van der Waals surface area contributed by atoms with E-state index < -0.39 is 0 Å². The van der Waals surface area contributed by atoms with Gasteiger partial charge in [0.1, 0.15) is 0 Å². The van der Waals surface area contributed by atoms with Crippen molar-refractivity contribution in [2.45, 2.75) is 44.9 Å². The van der Waals surface area contributed by atoms with Gasteiger partial charge in [0.05, 0.1) is 5.52 Å². The molecule has 0 aliphatic rings. The summed E-state index contributed by atoms with van der Waals surface area (Å²) in [5.74, 6) is 1.12. The number of aromatic nitrogens is 1. The Labute approximate surface area is 132 Å². The number of pyridine rings is 1. The Bertz CT molecular complexity index is 575. The SMILES string of the molecule is CCNC(CSC(C)(C)C)Cc1ccc2ccccc2n1. The highest BCUT2D eigenvalue weighted by atomic mass is 32.2. The molecule has 1 heterocycles. The number of likely N-dealkylation sites (N-methyl/N-ethyl adjacent to an activating group) is 1. The smallest absolute Gasteiger partial charge is 0.0705 e. The molecular formula is C18H26N2S. The molecule has 0 spiro atoms. The molecular weight excluding hydrogens is 276 g/mol. The van der Waals surface area contributed by atoms with Crippen LogP contribution in [0.25, 0.3) is 10.9 Å². The molecule has 0 amide bonds. The van der Waals surface area contributed by atoms with Crippen molar-refractivity contribution in [1.29, 1.82) is 0 Å². The van der Waals surface area contributed by atoms with E-state index >= 15 is 0 Å². The summed E-state index contributed by atoms with van der Waals surface area (Å²) in [5, 5.41) is 4.80. The molecule has 0 fully saturated rings. The van der Waals surface area contributed by atoms with Crippen molar-refractivity contribution in [2.24, 2.45) is 0 Å². The van der Waals surface area contributed by atoms with Crippen molar-refractivity contribution in [3.63, 3.8) is 0 Å². The Balaban J connectivity index is 2.07. The van der Waals surface area contributed by atoms with Crippen LogP contribution in [0.3, 0.4) is 0 Å². The van der Waals surface area contributed by atoms with E-state index in [2.05, 4.69) is 69.4 Å². The average Bonchev–Trinajstić information content (AvgIpc) is 2.44. The molecule has 0 aliphatic heterocycles. The average molecular weight is 302 g/mol. The third kappa shape index (κ3) is 5.33. The summed E-state index contributed by atoms with van der Waals surface area (Å²) < 4.78 is 0.310. The predicted octanol–water partition coefficient (Wildman–Crippen LogP) is 4.29. The van der Waals surface area contributed by atoms with Crippen LogP contribution in [0, 0.1) is 0 Å². The van der Waals surface area contributed by atoms with Crippen molar-refractivity contribution in [2.75, 3.05) is 12.3 Å². The Hall–Kier alpha value is -1.06. The summed E-state index contributed by atoms with van der Waals surface area (Å²) in [6, 6.07) is 13.1.